The van der Waals surface area contributed by atoms with E-state index in [0.717, 1.165) is 42.9 Å². The molecule has 26 heavy (non-hydrogen) atoms. The third-order valence-corrected chi connectivity index (χ3v) is 4.93. The summed E-state index contributed by atoms with van der Waals surface area (Å²) in [4.78, 5) is 30.4. The predicted molar refractivity (Wildman–Crippen MR) is 102 cm³/mol. The highest BCUT2D eigenvalue weighted by molar-refractivity contribution is 5.95. The normalized spacial score (nSPS) is 14.9. The van der Waals surface area contributed by atoms with Gasteiger partial charge in [-0.15, -0.1) is 0 Å². The van der Waals surface area contributed by atoms with Crippen LogP contribution in [-0.2, 0) is 4.79 Å². The Hall–Kier alpha value is -2.69. The smallest absolute Gasteiger partial charge is 0.255 e. The molecule has 1 aliphatic heterocycles. The van der Waals surface area contributed by atoms with Gasteiger partial charge in [-0.1, -0.05) is 30.3 Å². The van der Waals surface area contributed by atoms with E-state index in [1.165, 1.54) is 6.92 Å². The molecule has 1 aromatic heterocycles. The Kier molecular flexibility index (Phi) is 5.66. The largest absolute Gasteiger partial charge is 0.356 e. The van der Waals surface area contributed by atoms with E-state index in [4.69, 9.17) is 0 Å². The average Bonchev–Trinajstić information content (AvgIpc) is 2.67. The SMILES string of the molecule is CC(=O)NCC1CCN(C(=O)c2ccc(-c3ccccc3)nc2C)CC1. The molecule has 0 bridgehead atoms. The fraction of sp³-hybridized carbons (Fsp3) is 0.381. The number of nitrogens with one attached hydrogen (secondary N) is 1. The van der Waals surface area contributed by atoms with Gasteiger partial charge in [0.05, 0.1) is 17.0 Å². The number of amides is 2. The van der Waals surface area contributed by atoms with Crippen LogP contribution < -0.4 is 5.32 Å². The van der Waals surface area contributed by atoms with Crippen molar-refractivity contribution in [1.29, 1.82) is 0 Å². The van der Waals surface area contributed by atoms with E-state index in [9.17, 15) is 9.59 Å². The number of aryl methyl sites for hydroxylation is 1. The number of pyridine rings is 1. The molecular weight excluding hydrogens is 326 g/mol. The molecule has 5 heteroatoms. The number of carbonyl (C=O) groups excluding carboxylic acids is 2. The van der Waals surface area contributed by atoms with Gasteiger partial charge >= 0.3 is 0 Å². The number of piperidine rings is 1. The van der Waals surface area contributed by atoms with Crippen LogP contribution in [0.4, 0.5) is 0 Å². The van der Waals surface area contributed by atoms with Crippen molar-refractivity contribution < 1.29 is 9.59 Å². The fourth-order valence-corrected chi connectivity index (χ4v) is 3.36. The Morgan fingerprint density at radius 1 is 1.12 bits per heavy atom. The van der Waals surface area contributed by atoms with Crippen molar-refractivity contribution in [2.45, 2.75) is 26.7 Å². The van der Waals surface area contributed by atoms with Gasteiger partial charge in [-0.2, -0.15) is 0 Å². The predicted octanol–water partition coefficient (Wildman–Crippen LogP) is 3.05. The van der Waals surface area contributed by atoms with Crippen molar-refractivity contribution in [1.82, 2.24) is 15.2 Å². The molecule has 1 aliphatic rings. The van der Waals surface area contributed by atoms with Gasteiger partial charge in [0.2, 0.25) is 5.91 Å². The zero-order valence-corrected chi connectivity index (χ0v) is 15.4. The lowest BCUT2D eigenvalue weighted by Gasteiger charge is -2.32. The highest BCUT2D eigenvalue weighted by Gasteiger charge is 2.25. The molecule has 0 spiro atoms. The Bertz CT molecular complexity index is 781. The number of benzene rings is 1. The first-order chi connectivity index (χ1) is 12.5. The average molecular weight is 351 g/mol. The second-order valence-electron chi connectivity index (χ2n) is 6.87. The van der Waals surface area contributed by atoms with Crippen LogP contribution in [0.15, 0.2) is 42.5 Å². The lowest BCUT2D eigenvalue weighted by molar-refractivity contribution is -0.119. The number of hydrogen-bond donors (Lipinski definition) is 1. The molecule has 0 atom stereocenters. The first-order valence-electron chi connectivity index (χ1n) is 9.11. The maximum absolute atomic E-state index is 12.9. The summed E-state index contributed by atoms with van der Waals surface area (Å²) in [5.74, 6) is 0.499. The Morgan fingerprint density at radius 3 is 2.42 bits per heavy atom. The van der Waals surface area contributed by atoms with Crippen molar-refractivity contribution >= 4 is 11.8 Å². The molecule has 0 radical (unpaired) electrons. The van der Waals surface area contributed by atoms with Gasteiger partial charge in [-0.05, 0) is 37.8 Å². The van der Waals surface area contributed by atoms with E-state index in [1.807, 2.05) is 54.3 Å². The van der Waals surface area contributed by atoms with E-state index in [-0.39, 0.29) is 11.8 Å². The maximum atomic E-state index is 12.9. The molecule has 5 nitrogen and oxygen atoms in total. The lowest BCUT2D eigenvalue weighted by atomic mass is 9.96. The van der Waals surface area contributed by atoms with Crippen LogP contribution in [0, 0.1) is 12.8 Å². The summed E-state index contributed by atoms with van der Waals surface area (Å²) in [6, 6.07) is 13.8. The maximum Gasteiger partial charge on any atom is 0.255 e. The molecule has 1 fully saturated rings. The highest BCUT2D eigenvalue weighted by Crippen LogP contribution is 2.22. The molecule has 1 saturated heterocycles. The minimum atomic E-state index is 0.00344. The van der Waals surface area contributed by atoms with Crippen LogP contribution in [0.5, 0.6) is 0 Å². The standard InChI is InChI=1S/C21H25N3O2/c1-15-19(8-9-20(23-15)18-6-4-3-5-7-18)21(26)24-12-10-17(11-13-24)14-22-16(2)25/h3-9,17H,10-14H2,1-2H3,(H,22,25). The lowest BCUT2D eigenvalue weighted by Crippen LogP contribution is -2.41. The molecule has 0 unspecified atom stereocenters. The van der Waals surface area contributed by atoms with Gasteiger partial charge in [-0.3, -0.25) is 14.6 Å². The third kappa shape index (κ3) is 4.28. The number of nitrogens with zero attached hydrogens (tertiary/aromatic N) is 2. The zero-order chi connectivity index (χ0) is 18.5. The molecular formula is C21H25N3O2. The first kappa shape index (κ1) is 18.1. The number of hydrogen-bond acceptors (Lipinski definition) is 3. The highest BCUT2D eigenvalue weighted by atomic mass is 16.2. The quantitative estimate of drug-likeness (QED) is 0.921. The van der Waals surface area contributed by atoms with Gasteiger partial charge < -0.3 is 10.2 Å². The Morgan fingerprint density at radius 2 is 1.81 bits per heavy atom. The fourth-order valence-electron chi connectivity index (χ4n) is 3.36. The van der Waals surface area contributed by atoms with Crippen LogP contribution in [0.1, 0.15) is 35.8 Å². The third-order valence-electron chi connectivity index (χ3n) is 4.93. The number of likely N-dealkylation sites (tertiary alicyclic amines) is 1. The van der Waals surface area contributed by atoms with Gasteiger partial charge in [-0.25, -0.2) is 0 Å². The van der Waals surface area contributed by atoms with Gasteiger partial charge in [0.15, 0.2) is 0 Å². The number of rotatable bonds is 4. The molecule has 3 rings (SSSR count). The van der Waals surface area contributed by atoms with Crippen LogP contribution in [0.3, 0.4) is 0 Å². The topological polar surface area (TPSA) is 62.3 Å². The summed E-state index contributed by atoms with van der Waals surface area (Å²) in [6.45, 7) is 5.58. The monoisotopic (exact) mass is 351 g/mol. The van der Waals surface area contributed by atoms with E-state index >= 15 is 0 Å². The summed E-state index contributed by atoms with van der Waals surface area (Å²) < 4.78 is 0. The van der Waals surface area contributed by atoms with Gasteiger partial charge in [0.25, 0.3) is 5.91 Å². The van der Waals surface area contributed by atoms with Crippen LogP contribution in [-0.4, -0.2) is 41.3 Å². The second kappa shape index (κ2) is 8.13. The molecule has 1 aromatic carbocycles. The van der Waals surface area contributed by atoms with Crippen molar-refractivity contribution in [3.8, 4) is 11.3 Å². The number of aromatic nitrogens is 1. The van der Waals surface area contributed by atoms with E-state index in [2.05, 4.69) is 10.3 Å². The Labute approximate surface area is 154 Å². The van der Waals surface area contributed by atoms with Crippen molar-refractivity contribution in [3.63, 3.8) is 0 Å². The minimum absolute atomic E-state index is 0.00344. The van der Waals surface area contributed by atoms with Crippen molar-refractivity contribution in [2.75, 3.05) is 19.6 Å². The van der Waals surface area contributed by atoms with Crippen molar-refractivity contribution in [3.05, 3.63) is 53.7 Å². The van der Waals surface area contributed by atoms with E-state index in [1.54, 1.807) is 0 Å². The molecule has 0 saturated carbocycles. The summed E-state index contributed by atoms with van der Waals surface area (Å²) in [6.07, 6.45) is 1.83. The van der Waals surface area contributed by atoms with E-state index in [0.29, 0.717) is 18.0 Å². The first-order valence-corrected chi connectivity index (χ1v) is 9.11. The molecule has 136 valence electrons. The Balaban J connectivity index is 1.64. The van der Waals surface area contributed by atoms with Crippen LogP contribution in [0.2, 0.25) is 0 Å². The van der Waals surface area contributed by atoms with Crippen molar-refractivity contribution in [2.24, 2.45) is 5.92 Å². The summed E-state index contributed by atoms with van der Waals surface area (Å²) in [7, 11) is 0. The van der Waals surface area contributed by atoms with Gasteiger partial charge in [0.1, 0.15) is 0 Å². The summed E-state index contributed by atoms with van der Waals surface area (Å²) in [5, 5.41) is 2.87. The summed E-state index contributed by atoms with van der Waals surface area (Å²) in [5.41, 5.74) is 3.36. The second-order valence-corrected chi connectivity index (χ2v) is 6.87. The molecule has 1 N–H and O–H groups in total. The molecule has 2 aromatic rings. The van der Waals surface area contributed by atoms with Crippen LogP contribution in [0.25, 0.3) is 11.3 Å². The minimum Gasteiger partial charge on any atom is -0.356 e. The van der Waals surface area contributed by atoms with Crippen LogP contribution >= 0.6 is 0 Å². The van der Waals surface area contributed by atoms with Gasteiger partial charge in [0, 0.05) is 32.1 Å². The molecule has 0 aliphatic carbocycles. The number of carbonyl (C=O) groups is 2. The zero-order valence-electron chi connectivity index (χ0n) is 15.4. The molecule has 2 amide bonds. The molecule has 2 heterocycles. The summed E-state index contributed by atoms with van der Waals surface area (Å²) >= 11 is 0. The van der Waals surface area contributed by atoms with E-state index < -0.39 is 0 Å².